The third-order valence-corrected chi connectivity index (χ3v) is 19.0. The van der Waals surface area contributed by atoms with Gasteiger partial charge in [-0.05, 0) is 57.8 Å². The SMILES string of the molecule is CCCCCCCCCCCCCCCCC/C=C/C(O)C(CO)NC(=O)CCCCCCCCCCCCCCCCCCC/C=C\CCCCCCCCCCCCCCCCCCCCOC(=O)CCCCCCCCCCCCCCCC. The summed E-state index contributed by atoms with van der Waals surface area (Å²) >= 11 is 0. The molecule has 0 heterocycles. The van der Waals surface area contributed by atoms with Crippen molar-refractivity contribution >= 4 is 11.9 Å². The summed E-state index contributed by atoms with van der Waals surface area (Å²) in [5, 5.41) is 23.2. The van der Waals surface area contributed by atoms with Gasteiger partial charge in [0.2, 0.25) is 5.91 Å². The fourth-order valence-electron chi connectivity index (χ4n) is 12.9. The normalized spacial score (nSPS) is 12.6. The maximum atomic E-state index is 12.5. The topological polar surface area (TPSA) is 95.9 Å². The molecule has 1 amide bonds. The zero-order chi connectivity index (χ0) is 62.8. The molecule has 0 aromatic carbocycles. The summed E-state index contributed by atoms with van der Waals surface area (Å²) in [6.07, 6.45) is 98.9. The number of carbonyl (C=O) groups is 2. The number of rotatable bonds is 76. The molecular formula is C81H157NO5. The second-order valence-electron chi connectivity index (χ2n) is 27.8. The molecule has 2 unspecified atom stereocenters. The van der Waals surface area contributed by atoms with Gasteiger partial charge in [-0.15, -0.1) is 0 Å². The molecule has 0 rings (SSSR count). The molecule has 0 aliphatic rings. The van der Waals surface area contributed by atoms with Crippen molar-refractivity contribution in [2.24, 2.45) is 0 Å². The van der Waals surface area contributed by atoms with Crippen LogP contribution >= 0.6 is 0 Å². The first kappa shape index (κ1) is 85.3. The minimum atomic E-state index is -0.841. The lowest BCUT2D eigenvalue weighted by Crippen LogP contribution is -2.45. The van der Waals surface area contributed by atoms with Crippen LogP contribution in [-0.4, -0.2) is 47.4 Å². The van der Waals surface area contributed by atoms with Gasteiger partial charge in [-0.2, -0.15) is 0 Å². The number of aliphatic hydroxyl groups is 2. The summed E-state index contributed by atoms with van der Waals surface area (Å²) in [5.41, 5.74) is 0. The maximum Gasteiger partial charge on any atom is 0.305 e. The van der Waals surface area contributed by atoms with Crippen LogP contribution in [-0.2, 0) is 14.3 Å². The molecule has 0 bridgehead atoms. The smallest absolute Gasteiger partial charge is 0.305 e. The summed E-state index contributed by atoms with van der Waals surface area (Å²) in [6.45, 7) is 4.96. The van der Waals surface area contributed by atoms with Gasteiger partial charge in [0.25, 0.3) is 0 Å². The molecule has 0 fully saturated rings. The molecule has 6 nitrogen and oxygen atoms in total. The van der Waals surface area contributed by atoms with Crippen LogP contribution in [0, 0.1) is 0 Å². The molecule has 3 N–H and O–H groups in total. The van der Waals surface area contributed by atoms with Crippen molar-refractivity contribution in [1.82, 2.24) is 5.32 Å². The predicted molar refractivity (Wildman–Crippen MR) is 384 cm³/mol. The number of nitrogens with one attached hydrogen (secondary N) is 1. The molecule has 6 heteroatoms. The van der Waals surface area contributed by atoms with Crippen molar-refractivity contribution in [3.8, 4) is 0 Å². The van der Waals surface area contributed by atoms with E-state index < -0.39 is 12.1 Å². The number of unbranched alkanes of at least 4 members (excludes halogenated alkanes) is 63. The van der Waals surface area contributed by atoms with Gasteiger partial charge in [-0.1, -0.05) is 411 Å². The van der Waals surface area contributed by atoms with E-state index >= 15 is 0 Å². The lowest BCUT2D eigenvalue weighted by atomic mass is 10.0. The molecule has 2 atom stereocenters. The van der Waals surface area contributed by atoms with E-state index in [1.54, 1.807) is 6.08 Å². The molecule has 0 aliphatic carbocycles. The second kappa shape index (κ2) is 76.8. The summed E-state index contributed by atoms with van der Waals surface area (Å²) < 4.78 is 5.50. The molecular weight excluding hydrogens is 1070 g/mol. The van der Waals surface area contributed by atoms with E-state index in [0.29, 0.717) is 19.4 Å². The van der Waals surface area contributed by atoms with Crippen LogP contribution in [0.3, 0.4) is 0 Å². The van der Waals surface area contributed by atoms with Gasteiger partial charge < -0.3 is 20.3 Å². The highest BCUT2D eigenvalue weighted by Crippen LogP contribution is 2.20. The Bertz CT molecular complexity index is 1360. The monoisotopic (exact) mass is 1220 g/mol. The third kappa shape index (κ3) is 73.3. The summed E-state index contributed by atoms with van der Waals surface area (Å²) in [4.78, 5) is 24.6. The van der Waals surface area contributed by atoms with Gasteiger partial charge in [0.1, 0.15) is 0 Å². The minimum Gasteiger partial charge on any atom is -0.466 e. The molecule has 0 aromatic heterocycles. The van der Waals surface area contributed by atoms with Crippen LogP contribution in [0.2, 0.25) is 0 Å². The van der Waals surface area contributed by atoms with Crippen LogP contribution in [0.25, 0.3) is 0 Å². The van der Waals surface area contributed by atoms with E-state index in [1.807, 2.05) is 6.08 Å². The molecule has 0 saturated heterocycles. The van der Waals surface area contributed by atoms with Gasteiger partial charge in [-0.25, -0.2) is 0 Å². The van der Waals surface area contributed by atoms with E-state index in [4.69, 9.17) is 4.74 Å². The van der Waals surface area contributed by atoms with Crippen LogP contribution in [0.4, 0.5) is 0 Å². The van der Waals surface area contributed by atoms with Crippen LogP contribution in [0.15, 0.2) is 24.3 Å². The Kier molecular flexibility index (Phi) is 75.3. The number of hydrogen-bond acceptors (Lipinski definition) is 5. The molecule has 0 aromatic rings. The standard InChI is InChI=1S/C81H157NO5/c1-3-5-7-9-11-13-15-17-19-43-46-49-53-57-61-65-69-73-79(84)78(77-83)82-80(85)74-70-66-62-58-54-50-47-44-41-39-37-35-33-31-29-27-25-23-21-20-22-24-26-28-30-32-34-36-38-40-42-45-48-52-56-60-64-68-72-76-87-81(86)75-71-67-63-59-55-51-18-16-14-12-10-8-6-4-2/h20-21,69,73,78-79,83-84H,3-19,22-68,70-72,74-77H2,1-2H3,(H,82,85)/b21-20-,73-69+. The predicted octanol–water partition coefficient (Wildman–Crippen LogP) is 26.4. The second-order valence-corrected chi connectivity index (χ2v) is 27.8. The Hall–Kier alpha value is -1.66. The number of hydrogen-bond donors (Lipinski definition) is 3. The van der Waals surface area contributed by atoms with Gasteiger partial charge in [0, 0.05) is 12.8 Å². The lowest BCUT2D eigenvalue weighted by molar-refractivity contribution is -0.143. The van der Waals surface area contributed by atoms with E-state index in [1.165, 1.54) is 392 Å². The van der Waals surface area contributed by atoms with Crippen molar-refractivity contribution in [2.75, 3.05) is 13.2 Å². The summed E-state index contributed by atoms with van der Waals surface area (Å²) in [6, 6.07) is -0.624. The van der Waals surface area contributed by atoms with E-state index in [2.05, 4.69) is 31.3 Å². The van der Waals surface area contributed by atoms with Gasteiger partial charge in [0.05, 0.1) is 25.4 Å². The van der Waals surface area contributed by atoms with Crippen molar-refractivity contribution in [1.29, 1.82) is 0 Å². The number of ether oxygens (including phenoxy) is 1. The highest BCUT2D eigenvalue weighted by atomic mass is 16.5. The van der Waals surface area contributed by atoms with Crippen molar-refractivity contribution < 1.29 is 24.5 Å². The number of allylic oxidation sites excluding steroid dienone is 3. The van der Waals surface area contributed by atoms with E-state index in [0.717, 1.165) is 38.5 Å². The molecule has 0 aliphatic heterocycles. The molecule has 516 valence electrons. The number of aliphatic hydroxyl groups excluding tert-OH is 2. The largest absolute Gasteiger partial charge is 0.466 e. The van der Waals surface area contributed by atoms with E-state index in [-0.39, 0.29) is 18.5 Å². The average Bonchev–Trinajstić information content (AvgIpc) is 3.53. The summed E-state index contributed by atoms with van der Waals surface area (Å²) in [7, 11) is 0. The third-order valence-electron chi connectivity index (χ3n) is 19.0. The summed E-state index contributed by atoms with van der Waals surface area (Å²) in [5.74, 6) is -0.0343. The zero-order valence-corrected chi connectivity index (χ0v) is 59.3. The average molecular weight is 1230 g/mol. The highest BCUT2D eigenvalue weighted by Gasteiger charge is 2.18. The van der Waals surface area contributed by atoms with Crippen molar-refractivity contribution in [2.45, 2.75) is 469 Å². The zero-order valence-electron chi connectivity index (χ0n) is 59.3. The first-order chi connectivity index (χ1) is 43.0. The van der Waals surface area contributed by atoms with Crippen LogP contribution in [0.5, 0.6) is 0 Å². The first-order valence-corrected chi connectivity index (χ1v) is 40.1. The molecule has 0 spiro atoms. The van der Waals surface area contributed by atoms with Crippen molar-refractivity contribution in [3.63, 3.8) is 0 Å². The highest BCUT2D eigenvalue weighted by molar-refractivity contribution is 5.76. The Labute approximate surface area is 545 Å². The minimum absolute atomic E-state index is 0.0255. The van der Waals surface area contributed by atoms with Crippen molar-refractivity contribution in [3.05, 3.63) is 24.3 Å². The van der Waals surface area contributed by atoms with Gasteiger partial charge >= 0.3 is 5.97 Å². The fourth-order valence-corrected chi connectivity index (χ4v) is 12.9. The number of esters is 1. The van der Waals surface area contributed by atoms with E-state index in [9.17, 15) is 19.8 Å². The lowest BCUT2D eigenvalue weighted by Gasteiger charge is -2.20. The first-order valence-electron chi connectivity index (χ1n) is 40.1. The van der Waals surface area contributed by atoms with Gasteiger partial charge in [0.15, 0.2) is 0 Å². The Balaban J connectivity index is 3.33. The van der Waals surface area contributed by atoms with Gasteiger partial charge in [-0.3, -0.25) is 9.59 Å². The number of amides is 1. The quantitative estimate of drug-likeness (QED) is 0.0320. The Morgan fingerprint density at radius 1 is 0.310 bits per heavy atom. The maximum absolute atomic E-state index is 12.5. The Morgan fingerprint density at radius 2 is 0.540 bits per heavy atom. The molecule has 0 radical (unpaired) electrons. The molecule has 87 heavy (non-hydrogen) atoms. The van der Waals surface area contributed by atoms with Crippen LogP contribution < -0.4 is 5.32 Å². The fraction of sp³-hybridized carbons (Fsp3) is 0.926. The number of carbonyl (C=O) groups excluding carboxylic acids is 2. The molecule has 0 saturated carbocycles. The Morgan fingerprint density at radius 3 is 0.816 bits per heavy atom. The van der Waals surface area contributed by atoms with Crippen LogP contribution in [0.1, 0.15) is 457 Å².